The van der Waals surface area contributed by atoms with Crippen LogP contribution in [0.15, 0.2) is 48.5 Å². The van der Waals surface area contributed by atoms with E-state index in [1.54, 1.807) is 0 Å². The highest BCUT2D eigenvalue weighted by Crippen LogP contribution is 2.57. The van der Waals surface area contributed by atoms with Crippen LogP contribution < -0.4 is 10.6 Å². The van der Waals surface area contributed by atoms with Crippen molar-refractivity contribution in [3.8, 4) is 0 Å². The lowest BCUT2D eigenvalue weighted by Gasteiger charge is -2.26. The second kappa shape index (κ2) is 5.45. The van der Waals surface area contributed by atoms with Crippen LogP contribution in [0.4, 0.5) is 0 Å². The normalized spacial score (nSPS) is 11.9. The second-order valence-corrected chi connectivity index (χ2v) is 8.72. The molecule has 2 heteroatoms. The van der Waals surface area contributed by atoms with Crippen LogP contribution in [0, 0.1) is 13.8 Å². The Morgan fingerprint density at radius 3 is 1.47 bits per heavy atom. The molecule has 1 nitrogen and oxygen atoms in total. The number of aryl methyl sites for hydroxylation is 2. The molecule has 0 heterocycles. The summed E-state index contributed by atoms with van der Waals surface area (Å²) in [5.74, 6) is 0. The number of hydrogen-bond acceptors (Lipinski definition) is 1. The van der Waals surface area contributed by atoms with Crippen LogP contribution in [0.25, 0.3) is 0 Å². The van der Waals surface area contributed by atoms with Crippen LogP contribution in [0.3, 0.4) is 0 Å². The van der Waals surface area contributed by atoms with Gasteiger partial charge < -0.3 is 0 Å². The van der Waals surface area contributed by atoms with E-state index in [1.165, 1.54) is 11.1 Å². The number of rotatable bonds is 3. The quantitative estimate of drug-likeness (QED) is 0.847. The minimum atomic E-state index is -2.32. The first-order chi connectivity index (χ1) is 8.98. The van der Waals surface area contributed by atoms with Crippen molar-refractivity contribution < 1.29 is 4.89 Å². The van der Waals surface area contributed by atoms with Crippen molar-refractivity contribution in [1.29, 1.82) is 0 Å². The van der Waals surface area contributed by atoms with Crippen molar-refractivity contribution in [2.75, 3.05) is 0 Å². The summed E-state index contributed by atoms with van der Waals surface area (Å²) in [4.78, 5) is 11.5. The molecule has 0 spiro atoms. The van der Waals surface area contributed by atoms with Crippen molar-refractivity contribution in [3.63, 3.8) is 0 Å². The van der Waals surface area contributed by atoms with Gasteiger partial charge in [0.1, 0.15) is 10.6 Å². The Morgan fingerprint density at radius 1 is 0.789 bits per heavy atom. The van der Waals surface area contributed by atoms with Gasteiger partial charge in [0.15, 0.2) is 0 Å². The lowest BCUT2D eigenvalue weighted by atomic mass is 10.2. The smallest absolute Gasteiger partial charge is 0.209 e. The summed E-state index contributed by atoms with van der Waals surface area (Å²) in [5.41, 5.74) is 2.57. The van der Waals surface area contributed by atoms with Crippen LogP contribution in [0.1, 0.15) is 25.0 Å². The van der Waals surface area contributed by atoms with Gasteiger partial charge in [0.05, 0.1) is 5.66 Å². The molecule has 2 rings (SSSR count). The molecule has 0 saturated heterocycles. The molecule has 0 radical (unpaired) electrons. The molecule has 0 saturated carbocycles. The van der Waals surface area contributed by atoms with Gasteiger partial charge in [-0.25, -0.2) is 4.89 Å². The Bertz CT molecular complexity index is 529. The zero-order valence-corrected chi connectivity index (χ0v) is 13.0. The Kier molecular flexibility index (Phi) is 4.08. The SMILES string of the molecule is Cc1ccccc1[P+](O)(c1ccccc1C)C(C)C. The van der Waals surface area contributed by atoms with Gasteiger partial charge >= 0.3 is 0 Å². The lowest BCUT2D eigenvalue weighted by molar-refractivity contribution is 0.610. The fraction of sp³-hybridized carbons (Fsp3) is 0.294. The molecule has 0 aliphatic rings. The zero-order chi connectivity index (χ0) is 14.0. The molecule has 0 bridgehead atoms. The van der Waals surface area contributed by atoms with Crippen molar-refractivity contribution in [2.24, 2.45) is 0 Å². The maximum absolute atomic E-state index is 11.5. The topological polar surface area (TPSA) is 20.2 Å². The number of benzene rings is 2. The standard InChI is InChI=1S/C17H22OP/c1-13(2)19(18,16-11-7-5-9-14(16)3)17-12-8-6-10-15(17)4/h5-13,18H,1-4H3/q+1. The third kappa shape index (κ3) is 2.45. The average Bonchev–Trinajstić information content (AvgIpc) is 2.38. The Balaban J connectivity index is 2.70. The van der Waals surface area contributed by atoms with Crippen molar-refractivity contribution in [1.82, 2.24) is 0 Å². The molecule has 0 aliphatic heterocycles. The van der Waals surface area contributed by atoms with E-state index in [0.717, 1.165) is 10.6 Å². The first-order valence-electron chi connectivity index (χ1n) is 6.71. The molecular formula is C17H22OP+. The van der Waals surface area contributed by atoms with Gasteiger partial charge in [0.2, 0.25) is 7.49 Å². The summed E-state index contributed by atoms with van der Waals surface area (Å²) in [5, 5.41) is 2.22. The van der Waals surface area contributed by atoms with Crippen molar-refractivity contribution in [2.45, 2.75) is 33.4 Å². The second-order valence-electron chi connectivity index (χ2n) is 5.35. The molecule has 2 aromatic carbocycles. The van der Waals surface area contributed by atoms with E-state index in [2.05, 4.69) is 52.0 Å². The van der Waals surface area contributed by atoms with Gasteiger partial charge in [-0.3, -0.25) is 0 Å². The van der Waals surface area contributed by atoms with Gasteiger partial charge in [-0.05, 0) is 51.0 Å². The van der Waals surface area contributed by atoms with Crippen LogP contribution >= 0.6 is 7.49 Å². The van der Waals surface area contributed by atoms with Crippen molar-refractivity contribution >= 4 is 18.1 Å². The number of hydrogen-bond donors (Lipinski definition) is 1. The molecule has 100 valence electrons. The maximum atomic E-state index is 11.5. The fourth-order valence-corrected chi connectivity index (χ4v) is 5.80. The summed E-state index contributed by atoms with van der Waals surface area (Å²) in [6.07, 6.45) is 0. The predicted molar refractivity (Wildman–Crippen MR) is 85.9 cm³/mol. The average molecular weight is 273 g/mol. The van der Waals surface area contributed by atoms with E-state index >= 15 is 0 Å². The van der Waals surface area contributed by atoms with Gasteiger partial charge in [-0.1, -0.05) is 36.4 Å². The van der Waals surface area contributed by atoms with Crippen molar-refractivity contribution in [3.05, 3.63) is 59.7 Å². The van der Waals surface area contributed by atoms with Crippen LogP contribution in [0.2, 0.25) is 0 Å². The third-order valence-corrected chi connectivity index (χ3v) is 7.68. The highest BCUT2D eigenvalue weighted by molar-refractivity contribution is 7.85. The summed E-state index contributed by atoms with van der Waals surface area (Å²) >= 11 is 0. The molecule has 0 atom stereocenters. The summed E-state index contributed by atoms with van der Waals surface area (Å²) < 4.78 is 0. The van der Waals surface area contributed by atoms with Crippen LogP contribution in [0.5, 0.6) is 0 Å². The fourth-order valence-electron chi connectivity index (χ4n) is 2.58. The molecule has 19 heavy (non-hydrogen) atoms. The monoisotopic (exact) mass is 273 g/mol. The molecule has 0 amide bonds. The van der Waals surface area contributed by atoms with Gasteiger partial charge in [-0.2, -0.15) is 0 Å². The third-order valence-electron chi connectivity index (χ3n) is 3.71. The highest BCUT2D eigenvalue weighted by Gasteiger charge is 2.46. The van der Waals surface area contributed by atoms with Gasteiger partial charge in [0.25, 0.3) is 0 Å². The van der Waals surface area contributed by atoms with Crippen LogP contribution in [-0.4, -0.2) is 10.6 Å². The Morgan fingerprint density at radius 2 is 1.16 bits per heavy atom. The minimum absolute atomic E-state index is 0.217. The molecule has 0 fully saturated rings. The lowest BCUT2D eigenvalue weighted by Crippen LogP contribution is -2.31. The van der Waals surface area contributed by atoms with E-state index in [1.807, 2.05) is 24.3 Å². The van der Waals surface area contributed by atoms with E-state index in [9.17, 15) is 4.89 Å². The van der Waals surface area contributed by atoms with Gasteiger partial charge in [-0.15, -0.1) is 0 Å². The molecule has 0 aliphatic carbocycles. The first-order valence-corrected chi connectivity index (χ1v) is 8.53. The molecule has 0 unspecified atom stereocenters. The summed E-state index contributed by atoms with van der Waals surface area (Å²) in [7, 11) is -2.32. The largest absolute Gasteiger partial charge is 0.240 e. The summed E-state index contributed by atoms with van der Waals surface area (Å²) in [6, 6.07) is 16.4. The highest BCUT2D eigenvalue weighted by atomic mass is 31.2. The molecule has 2 aromatic rings. The summed E-state index contributed by atoms with van der Waals surface area (Å²) in [6.45, 7) is 8.40. The van der Waals surface area contributed by atoms with E-state index in [0.29, 0.717) is 0 Å². The van der Waals surface area contributed by atoms with Crippen LogP contribution in [-0.2, 0) is 0 Å². The molecule has 0 aromatic heterocycles. The Hall–Kier alpha value is -1.17. The molecular weight excluding hydrogens is 251 g/mol. The molecule has 1 N–H and O–H groups in total. The maximum Gasteiger partial charge on any atom is 0.209 e. The van der Waals surface area contributed by atoms with E-state index < -0.39 is 7.49 Å². The first kappa shape index (κ1) is 14.2. The van der Waals surface area contributed by atoms with Gasteiger partial charge in [0, 0.05) is 0 Å². The Labute approximate surface area is 116 Å². The zero-order valence-electron chi connectivity index (χ0n) is 12.1. The predicted octanol–water partition coefficient (Wildman–Crippen LogP) is 3.59. The minimum Gasteiger partial charge on any atom is -0.240 e. The van der Waals surface area contributed by atoms with E-state index in [-0.39, 0.29) is 5.66 Å². The van der Waals surface area contributed by atoms with E-state index in [4.69, 9.17) is 0 Å².